The molecule has 0 fully saturated rings. The molecule has 6 nitrogen and oxygen atoms in total. The molecular formula is C65H125NO5. The Bertz CT molecular complexity index is 1110. The van der Waals surface area contributed by atoms with Crippen molar-refractivity contribution in [1.29, 1.82) is 0 Å². The van der Waals surface area contributed by atoms with Crippen LogP contribution in [0.3, 0.4) is 0 Å². The summed E-state index contributed by atoms with van der Waals surface area (Å²) in [5.41, 5.74) is 0. The first-order valence-electron chi connectivity index (χ1n) is 32.1. The van der Waals surface area contributed by atoms with E-state index in [2.05, 4.69) is 43.5 Å². The number of carbonyl (C=O) groups excluding carboxylic acids is 2. The topological polar surface area (TPSA) is 95.9 Å². The number of esters is 1. The number of unbranched alkanes of at least 4 members (excludes halogenated alkanes) is 45. The monoisotopic (exact) mass is 1000 g/mol. The predicted octanol–water partition coefficient (Wildman–Crippen LogP) is 20.2. The summed E-state index contributed by atoms with van der Waals surface area (Å²) in [4.78, 5) is 24.6. The van der Waals surface area contributed by atoms with Crippen LogP contribution in [0.2, 0.25) is 0 Å². The minimum atomic E-state index is -0.676. The highest BCUT2D eigenvalue weighted by atomic mass is 16.5. The fourth-order valence-electron chi connectivity index (χ4n) is 10.1. The Labute approximate surface area is 443 Å². The minimum Gasteiger partial charge on any atom is -0.466 e. The molecule has 0 aromatic heterocycles. The lowest BCUT2D eigenvalue weighted by atomic mass is 10.0. The summed E-state index contributed by atoms with van der Waals surface area (Å²) in [5, 5.41) is 23.4. The molecule has 0 radical (unpaired) electrons. The van der Waals surface area contributed by atoms with Crippen LogP contribution >= 0.6 is 0 Å². The second kappa shape index (κ2) is 60.9. The van der Waals surface area contributed by atoms with E-state index in [1.165, 1.54) is 257 Å². The van der Waals surface area contributed by atoms with E-state index in [0.717, 1.165) is 64.2 Å². The maximum absolute atomic E-state index is 12.5. The number of carbonyl (C=O) groups is 2. The fraction of sp³-hybridized carbons (Fsp3) is 0.908. The molecule has 3 N–H and O–H groups in total. The quantitative estimate of drug-likeness (QED) is 0.0320. The van der Waals surface area contributed by atoms with Gasteiger partial charge in [-0.1, -0.05) is 308 Å². The maximum Gasteiger partial charge on any atom is 0.305 e. The smallest absolute Gasteiger partial charge is 0.305 e. The number of rotatable bonds is 60. The highest BCUT2D eigenvalue weighted by Crippen LogP contribution is 2.18. The number of hydrogen-bond acceptors (Lipinski definition) is 5. The summed E-state index contributed by atoms with van der Waals surface area (Å²) in [5.74, 6) is -0.0586. The van der Waals surface area contributed by atoms with Crippen molar-refractivity contribution in [3.05, 3.63) is 24.3 Å². The number of ether oxygens (including phenoxy) is 1. The lowest BCUT2D eigenvalue weighted by Gasteiger charge is -2.22. The van der Waals surface area contributed by atoms with Gasteiger partial charge in [-0.2, -0.15) is 0 Å². The van der Waals surface area contributed by atoms with E-state index in [-0.39, 0.29) is 18.5 Å². The molecule has 0 bridgehead atoms. The van der Waals surface area contributed by atoms with E-state index in [1.807, 2.05) is 0 Å². The molecule has 0 aliphatic rings. The van der Waals surface area contributed by atoms with Crippen LogP contribution in [0.25, 0.3) is 0 Å². The van der Waals surface area contributed by atoms with E-state index in [0.29, 0.717) is 25.9 Å². The number of aliphatic hydroxyl groups is 2. The first kappa shape index (κ1) is 69.3. The Hall–Kier alpha value is -1.66. The SMILES string of the molecule is CCCCC/C=C\C/C=C\CCCCCCCCCCCC(=O)OCCCCCCCCCCCCCCC(=O)NC(CO)C(O)CCCCCCCCCCCCCCCCCCCCCCCCC. The van der Waals surface area contributed by atoms with Gasteiger partial charge in [0.1, 0.15) is 0 Å². The molecule has 2 atom stereocenters. The molecule has 0 heterocycles. The summed E-state index contributed by atoms with van der Waals surface area (Å²) in [6, 6.07) is -0.555. The first-order chi connectivity index (χ1) is 35.0. The minimum absolute atomic E-state index is 0.0117. The lowest BCUT2D eigenvalue weighted by molar-refractivity contribution is -0.143. The molecule has 0 saturated heterocycles. The van der Waals surface area contributed by atoms with Crippen molar-refractivity contribution in [2.24, 2.45) is 0 Å². The van der Waals surface area contributed by atoms with Gasteiger partial charge in [-0.3, -0.25) is 9.59 Å². The molecule has 6 heteroatoms. The van der Waals surface area contributed by atoms with Crippen molar-refractivity contribution in [3.63, 3.8) is 0 Å². The van der Waals surface area contributed by atoms with Gasteiger partial charge in [0.25, 0.3) is 0 Å². The molecule has 0 aliphatic heterocycles. The molecule has 71 heavy (non-hydrogen) atoms. The summed E-state index contributed by atoms with van der Waals surface area (Å²) in [7, 11) is 0. The molecule has 2 unspecified atom stereocenters. The van der Waals surface area contributed by atoms with Crippen molar-refractivity contribution >= 4 is 11.9 Å². The van der Waals surface area contributed by atoms with Gasteiger partial charge in [-0.15, -0.1) is 0 Å². The molecule has 0 saturated carbocycles. The van der Waals surface area contributed by atoms with Crippen LogP contribution in [0.1, 0.15) is 354 Å². The number of amides is 1. The van der Waals surface area contributed by atoms with Crippen molar-refractivity contribution in [2.45, 2.75) is 366 Å². The van der Waals surface area contributed by atoms with Crippen LogP contribution in [-0.4, -0.2) is 47.4 Å². The second-order valence-electron chi connectivity index (χ2n) is 22.1. The van der Waals surface area contributed by atoms with Gasteiger partial charge in [-0.25, -0.2) is 0 Å². The molecule has 0 rings (SSSR count). The van der Waals surface area contributed by atoms with Crippen molar-refractivity contribution in [3.8, 4) is 0 Å². The molecular weight excluding hydrogens is 875 g/mol. The Kier molecular flexibility index (Phi) is 59.5. The van der Waals surface area contributed by atoms with Gasteiger partial charge < -0.3 is 20.3 Å². The third-order valence-electron chi connectivity index (χ3n) is 15.0. The summed E-state index contributed by atoms with van der Waals surface area (Å²) in [6.45, 7) is 4.92. The first-order valence-corrected chi connectivity index (χ1v) is 32.1. The fourth-order valence-corrected chi connectivity index (χ4v) is 10.1. The summed E-state index contributed by atoms with van der Waals surface area (Å²) >= 11 is 0. The zero-order valence-electron chi connectivity index (χ0n) is 48.0. The normalized spacial score (nSPS) is 12.7. The second-order valence-corrected chi connectivity index (χ2v) is 22.1. The van der Waals surface area contributed by atoms with Crippen LogP contribution in [0.4, 0.5) is 0 Å². The third-order valence-corrected chi connectivity index (χ3v) is 15.0. The largest absolute Gasteiger partial charge is 0.466 e. The van der Waals surface area contributed by atoms with Crippen LogP contribution in [0, 0.1) is 0 Å². The standard InChI is InChI=1S/C65H125NO5/c1-3-5-7-9-11-13-15-17-19-21-23-24-25-26-28-29-31-33-37-41-45-49-53-57-63(68)62(61-67)66-64(69)58-54-50-46-42-38-35-36-40-44-48-52-56-60-71-65(70)59-55-51-47-43-39-34-32-30-27-22-20-18-16-14-12-10-8-6-4-2/h12,14,18,20,62-63,67-68H,3-11,13,15-17,19,21-61H2,1-2H3,(H,66,69)/b14-12-,20-18-. The van der Waals surface area contributed by atoms with E-state index < -0.39 is 12.1 Å². The number of nitrogens with one attached hydrogen (secondary N) is 1. The molecule has 1 amide bonds. The Morgan fingerprint density at radius 1 is 0.394 bits per heavy atom. The van der Waals surface area contributed by atoms with Gasteiger partial charge in [0.2, 0.25) is 5.91 Å². The van der Waals surface area contributed by atoms with E-state index in [1.54, 1.807) is 0 Å². The Morgan fingerprint density at radius 2 is 0.704 bits per heavy atom. The van der Waals surface area contributed by atoms with Crippen LogP contribution in [0.15, 0.2) is 24.3 Å². The zero-order valence-corrected chi connectivity index (χ0v) is 48.0. The van der Waals surface area contributed by atoms with Gasteiger partial charge in [0.15, 0.2) is 0 Å². The molecule has 420 valence electrons. The van der Waals surface area contributed by atoms with E-state index in [9.17, 15) is 19.8 Å². The van der Waals surface area contributed by atoms with Crippen molar-refractivity contribution in [2.75, 3.05) is 13.2 Å². The van der Waals surface area contributed by atoms with E-state index >= 15 is 0 Å². The molecule has 0 aromatic rings. The van der Waals surface area contributed by atoms with Crippen molar-refractivity contribution in [1.82, 2.24) is 5.32 Å². The van der Waals surface area contributed by atoms with Crippen molar-refractivity contribution < 1.29 is 24.5 Å². The number of aliphatic hydroxyl groups excluding tert-OH is 2. The highest BCUT2D eigenvalue weighted by molar-refractivity contribution is 5.76. The average Bonchev–Trinajstić information content (AvgIpc) is 3.37. The highest BCUT2D eigenvalue weighted by Gasteiger charge is 2.20. The predicted molar refractivity (Wildman–Crippen MR) is 310 cm³/mol. The van der Waals surface area contributed by atoms with Gasteiger partial charge in [0, 0.05) is 12.8 Å². The molecule has 0 spiro atoms. The summed E-state index contributed by atoms with van der Waals surface area (Å²) < 4.78 is 5.49. The van der Waals surface area contributed by atoms with Gasteiger partial charge in [-0.05, 0) is 57.8 Å². The Morgan fingerprint density at radius 3 is 1.10 bits per heavy atom. The number of allylic oxidation sites excluding steroid dienone is 4. The molecule has 0 aromatic carbocycles. The van der Waals surface area contributed by atoms with Crippen LogP contribution < -0.4 is 5.32 Å². The average molecular weight is 1000 g/mol. The maximum atomic E-state index is 12.5. The third kappa shape index (κ3) is 57.5. The van der Waals surface area contributed by atoms with Crippen LogP contribution in [-0.2, 0) is 14.3 Å². The Balaban J connectivity index is 3.43. The van der Waals surface area contributed by atoms with Gasteiger partial charge in [0.05, 0.1) is 25.4 Å². The lowest BCUT2D eigenvalue weighted by Crippen LogP contribution is -2.45. The number of hydrogen-bond donors (Lipinski definition) is 3. The van der Waals surface area contributed by atoms with Crippen LogP contribution in [0.5, 0.6) is 0 Å². The van der Waals surface area contributed by atoms with E-state index in [4.69, 9.17) is 4.74 Å². The van der Waals surface area contributed by atoms with Gasteiger partial charge >= 0.3 is 5.97 Å². The molecule has 0 aliphatic carbocycles. The zero-order chi connectivity index (χ0) is 51.4. The summed E-state index contributed by atoms with van der Waals surface area (Å²) in [6.07, 6.45) is 74.7.